The third kappa shape index (κ3) is 6.89. The molecule has 0 fully saturated rings. The molecule has 0 saturated heterocycles. The van der Waals surface area contributed by atoms with Crippen LogP contribution in [0.2, 0.25) is 0 Å². The molecule has 0 atom stereocenters. The van der Waals surface area contributed by atoms with Crippen molar-refractivity contribution in [1.82, 2.24) is 0 Å². The number of rotatable bonds is 7. The van der Waals surface area contributed by atoms with Gasteiger partial charge in [0.05, 0.1) is 11.8 Å². The lowest BCUT2D eigenvalue weighted by Gasteiger charge is -2.32. The fourth-order valence-electron chi connectivity index (χ4n) is 2.85. The first kappa shape index (κ1) is 16.4. The highest BCUT2D eigenvalue weighted by atomic mass is 31.2. The van der Waals surface area contributed by atoms with E-state index in [0.717, 1.165) is 23.4 Å². The molecule has 0 aliphatic carbocycles. The lowest BCUT2D eigenvalue weighted by molar-refractivity contribution is 0.483. The van der Waals surface area contributed by atoms with E-state index in [1.807, 2.05) is 0 Å². The van der Waals surface area contributed by atoms with Gasteiger partial charge in [0.2, 0.25) is 0 Å². The zero-order chi connectivity index (χ0) is 12.9. The van der Waals surface area contributed by atoms with Crippen LogP contribution in [-0.4, -0.2) is 25.2 Å². The van der Waals surface area contributed by atoms with Gasteiger partial charge in [0, 0.05) is 20.6 Å². The smallest absolute Gasteiger partial charge is 0.0626 e. The van der Waals surface area contributed by atoms with Crippen molar-refractivity contribution in [2.75, 3.05) is 19.5 Å². The first-order chi connectivity index (χ1) is 7.15. The van der Waals surface area contributed by atoms with Crippen molar-refractivity contribution in [1.29, 1.82) is 0 Å². The summed E-state index contributed by atoms with van der Waals surface area (Å²) in [6.45, 7) is 19.4. The summed E-state index contributed by atoms with van der Waals surface area (Å²) < 4.78 is 0. The lowest BCUT2D eigenvalue weighted by atomic mass is 10.0. The van der Waals surface area contributed by atoms with E-state index >= 15 is 0 Å². The van der Waals surface area contributed by atoms with Crippen LogP contribution < -0.4 is 0 Å². The van der Waals surface area contributed by atoms with Gasteiger partial charge in [0.1, 0.15) is 0 Å². The van der Waals surface area contributed by atoms with E-state index < -0.39 is 7.26 Å². The minimum Gasteiger partial charge on any atom is -0.0626 e. The fourth-order valence-corrected chi connectivity index (χ4v) is 7.01. The molecule has 0 aromatic carbocycles. The van der Waals surface area contributed by atoms with Gasteiger partial charge in [-0.2, -0.15) is 0 Å². The Morgan fingerprint density at radius 2 is 1.06 bits per heavy atom. The van der Waals surface area contributed by atoms with Crippen LogP contribution in [0.4, 0.5) is 0 Å². The third-order valence-electron chi connectivity index (χ3n) is 3.31. The zero-order valence-corrected chi connectivity index (χ0v) is 13.8. The number of hydrogen-bond donors (Lipinski definition) is 0. The van der Waals surface area contributed by atoms with E-state index in [4.69, 9.17) is 0 Å². The summed E-state index contributed by atoms with van der Waals surface area (Å²) in [6, 6.07) is 0. The van der Waals surface area contributed by atoms with E-state index in [9.17, 15) is 0 Å². The maximum Gasteiger partial charge on any atom is 0.0697 e. The molecule has 0 radical (unpaired) electrons. The van der Waals surface area contributed by atoms with E-state index in [0.29, 0.717) is 0 Å². The van der Waals surface area contributed by atoms with Crippen molar-refractivity contribution in [3.63, 3.8) is 0 Å². The van der Waals surface area contributed by atoms with Crippen molar-refractivity contribution in [2.24, 2.45) is 17.8 Å². The Hall–Kier alpha value is 0.430. The molecule has 0 aliphatic rings. The molecule has 0 N–H and O–H groups in total. The SMILES string of the molecule is CC(C)CC(CC(C)C)[P+](C)(C)CC(C)C. The molecule has 0 bridgehead atoms. The highest BCUT2D eigenvalue weighted by Crippen LogP contribution is 2.60. The first-order valence-corrected chi connectivity index (χ1v) is 9.91. The minimum absolute atomic E-state index is 0.717. The Labute approximate surface area is 105 Å². The molecule has 0 aliphatic heterocycles. The Morgan fingerprint density at radius 3 is 1.31 bits per heavy atom. The monoisotopic (exact) mass is 245 g/mol. The average Bonchev–Trinajstić information content (AvgIpc) is 1.98. The van der Waals surface area contributed by atoms with Gasteiger partial charge in [0.15, 0.2) is 0 Å². The molecular weight excluding hydrogens is 211 g/mol. The van der Waals surface area contributed by atoms with Crippen molar-refractivity contribution in [2.45, 2.75) is 60.0 Å². The summed E-state index contributed by atoms with van der Waals surface area (Å²) in [5.41, 5.74) is 0.995. The van der Waals surface area contributed by atoms with Gasteiger partial charge in [0.25, 0.3) is 0 Å². The second-order valence-corrected chi connectivity index (χ2v) is 11.9. The topological polar surface area (TPSA) is 0 Å². The quantitative estimate of drug-likeness (QED) is 0.528. The Balaban J connectivity index is 4.57. The maximum absolute atomic E-state index is 2.59. The molecule has 0 saturated carbocycles. The summed E-state index contributed by atoms with van der Waals surface area (Å²) >= 11 is 0. The van der Waals surface area contributed by atoms with Gasteiger partial charge in [-0.05, 0) is 30.6 Å². The molecular formula is C15H34P+. The van der Waals surface area contributed by atoms with E-state index in [-0.39, 0.29) is 0 Å². The average molecular weight is 245 g/mol. The summed E-state index contributed by atoms with van der Waals surface area (Å²) in [4.78, 5) is 0. The molecule has 0 spiro atoms. The van der Waals surface area contributed by atoms with Gasteiger partial charge >= 0.3 is 0 Å². The zero-order valence-electron chi connectivity index (χ0n) is 12.9. The predicted octanol–water partition coefficient (Wildman–Crippen LogP) is 5.38. The third-order valence-corrected chi connectivity index (χ3v) is 7.38. The lowest BCUT2D eigenvalue weighted by Crippen LogP contribution is -2.21. The van der Waals surface area contributed by atoms with Gasteiger partial charge in [-0.1, -0.05) is 41.5 Å². The Kier molecular flexibility index (Phi) is 7.18. The van der Waals surface area contributed by atoms with E-state index in [1.54, 1.807) is 0 Å². The van der Waals surface area contributed by atoms with Crippen LogP contribution in [0, 0.1) is 17.8 Å². The van der Waals surface area contributed by atoms with Crippen molar-refractivity contribution >= 4 is 7.26 Å². The second kappa shape index (κ2) is 7.00. The summed E-state index contributed by atoms with van der Waals surface area (Å²) in [5.74, 6) is 2.58. The molecule has 0 unspecified atom stereocenters. The molecule has 98 valence electrons. The van der Waals surface area contributed by atoms with E-state index in [1.165, 1.54) is 19.0 Å². The maximum atomic E-state index is 2.59. The van der Waals surface area contributed by atoms with Crippen molar-refractivity contribution < 1.29 is 0 Å². The van der Waals surface area contributed by atoms with Crippen LogP contribution in [0.1, 0.15) is 54.4 Å². The summed E-state index contributed by atoms with van der Waals surface area (Å²) in [5, 5.41) is 0. The van der Waals surface area contributed by atoms with Crippen LogP contribution in [0.3, 0.4) is 0 Å². The largest absolute Gasteiger partial charge is 0.0697 e. The molecule has 0 aromatic heterocycles. The van der Waals surface area contributed by atoms with Crippen LogP contribution in [0.25, 0.3) is 0 Å². The molecule has 0 amide bonds. The molecule has 0 heterocycles. The second-order valence-electron chi connectivity index (χ2n) is 7.27. The van der Waals surface area contributed by atoms with Crippen molar-refractivity contribution in [3.05, 3.63) is 0 Å². The molecule has 1 heteroatoms. The minimum atomic E-state index is -0.717. The molecule has 0 rings (SSSR count). The van der Waals surface area contributed by atoms with Crippen molar-refractivity contribution in [3.8, 4) is 0 Å². The van der Waals surface area contributed by atoms with Gasteiger partial charge in [-0.3, -0.25) is 0 Å². The summed E-state index contributed by atoms with van der Waals surface area (Å²) in [6.07, 6.45) is 4.34. The van der Waals surface area contributed by atoms with Gasteiger partial charge in [-0.25, -0.2) is 0 Å². The summed E-state index contributed by atoms with van der Waals surface area (Å²) in [7, 11) is -0.717. The van der Waals surface area contributed by atoms with Gasteiger partial charge in [-0.15, -0.1) is 0 Å². The Bertz CT molecular complexity index is 170. The van der Waals surface area contributed by atoms with Gasteiger partial charge < -0.3 is 0 Å². The van der Waals surface area contributed by atoms with Crippen LogP contribution in [0.5, 0.6) is 0 Å². The molecule has 16 heavy (non-hydrogen) atoms. The standard InChI is InChI=1S/C15H34P/c1-12(2)9-15(10-13(3)4)16(7,8)11-14(5)6/h12-15H,9-11H2,1-8H3/q+1. The normalized spacial score (nSPS) is 13.5. The highest BCUT2D eigenvalue weighted by Gasteiger charge is 2.37. The van der Waals surface area contributed by atoms with Crippen LogP contribution in [-0.2, 0) is 0 Å². The first-order valence-electron chi connectivity index (χ1n) is 6.97. The number of hydrogen-bond acceptors (Lipinski definition) is 0. The fraction of sp³-hybridized carbons (Fsp3) is 1.00. The van der Waals surface area contributed by atoms with Crippen LogP contribution in [0.15, 0.2) is 0 Å². The Morgan fingerprint density at radius 1 is 0.688 bits per heavy atom. The molecule has 0 nitrogen and oxygen atoms in total. The highest BCUT2D eigenvalue weighted by molar-refractivity contribution is 7.75. The predicted molar refractivity (Wildman–Crippen MR) is 81.2 cm³/mol. The van der Waals surface area contributed by atoms with Crippen LogP contribution >= 0.6 is 7.26 Å². The molecule has 0 aromatic rings. The van der Waals surface area contributed by atoms with E-state index in [2.05, 4.69) is 54.9 Å².